The van der Waals surface area contributed by atoms with Crippen LogP contribution < -0.4 is 14.2 Å². The molecule has 7 nitrogen and oxygen atoms in total. The molecule has 8 heteroatoms. The van der Waals surface area contributed by atoms with Crippen molar-refractivity contribution in [3.05, 3.63) is 53.1 Å². The van der Waals surface area contributed by atoms with E-state index in [4.69, 9.17) is 9.47 Å². The van der Waals surface area contributed by atoms with E-state index in [2.05, 4.69) is 4.72 Å². The second-order valence-corrected chi connectivity index (χ2v) is 8.80. The van der Waals surface area contributed by atoms with Crippen LogP contribution in [0.15, 0.2) is 36.4 Å². The van der Waals surface area contributed by atoms with Gasteiger partial charge in [0, 0.05) is 24.3 Å². The third kappa shape index (κ3) is 4.82. The molecule has 1 N–H and O–H groups in total. The summed E-state index contributed by atoms with van der Waals surface area (Å²) in [7, 11) is -0.221. The van der Waals surface area contributed by atoms with Crippen LogP contribution in [0, 0.1) is 0 Å². The van der Waals surface area contributed by atoms with Gasteiger partial charge in [0.05, 0.1) is 20.0 Å². The number of rotatable bonds is 7. The van der Waals surface area contributed by atoms with Crippen molar-refractivity contribution in [1.82, 2.24) is 4.90 Å². The highest BCUT2D eigenvalue weighted by molar-refractivity contribution is 7.92. The van der Waals surface area contributed by atoms with Gasteiger partial charge in [0.2, 0.25) is 10.0 Å². The number of carbonyl (C=O) groups is 1. The van der Waals surface area contributed by atoms with Gasteiger partial charge < -0.3 is 14.4 Å². The van der Waals surface area contributed by atoms with E-state index in [9.17, 15) is 13.2 Å². The first-order chi connectivity index (χ1) is 13.9. The molecule has 156 valence electrons. The van der Waals surface area contributed by atoms with Gasteiger partial charge in [-0.1, -0.05) is 13.0 Å². The summed E-state index contributed by atoms with van der Waals surface area (Å²) in [4.78, 5) is 14.8. The number of ether oxygens (including phenoxy) is 2. The van der Waals surface area contributed by atoms with Crippen LogP contribution in [0.1, 0.15) is 34.8 Å². The first-order valence-electron chi connectivity index (χ1n) is 9.50. The van der Waals surface area contributed by atoms with E-state index in [1.54, 1.807) is 50.3 Å². The molecule has 0 fully saturated rings. The predicted octanol–water partition coefficient (Wildman–Crippen LogP) is 3.05. The van der Waals surface area contributed by atoms with Crippen molar-refractivity contribution >= 4 is 21.6 Å². The molecule has 0 unspecified atom stereocenters. The Kier molecular flexibility index (Phi) is 6.32. The second-order valence-electron chi connectivity index (χ2n) is 6.95. The maximum atomic E-state index is 13.0. The predicted molar refractivity (Wildman–Crippen MR) is 112 cm³/mol. The molecule has 2 aromatic carbocycles. The topological polar surface area (TPSA) is 84.9 Å². The number of nitrogens with zero attached hydrogens (tertiary/aromatic N) is 1. The van der Waals surface area contributed by atoms with Gasteiger partial charge in [-0.25, -0.2) is 8.42 Å². The lowest BCUT2D eigenvalue weighted by molar-refractivity contribution is 0.0734. The van der Waals surface area contributed by atoms with Crippen LogP contribution in [-0.4, -0.2) is 45.7 Å². The number of amides is 1. The van der Waals surface area contributed by atoms with E-state index >= 15 is 0 Å². The van der Waals surface area contributed by atoms with Crippen molar-refractivity contribution in [3.63, 3.8) is 0 Å². The van der Waals surface area contributed by atoms with Gasteiger partial charge >= 0.3 is 0 Å². The summed E-state index contributed by atoms with van der Waals surface area (Å²) in [6.07, 6.45) is 1.24. The molecule has 29 heavy (non-hydrogen) atoms. The van der Waals surface area contributed by atoms with E-state index < -0.39 is 10.0 Å². The third-order valence-electron chi connectivity index (χ3n) is 4.86. The maximum absolute atomic E-state index is 13.0. The molecule has 0 saturated heterocycles. The second kappa shape index (κ2) is 8.73. The van der Waals surface area contributed by atoms with Crippen molar-refractivity contribution in [2.45, 2.75) is 26.3 Å². The summed E-state index contributed by atoms with van der Waals surface area (Å²) in [5, 5.41) is 0. The van der Waals surface area contributed by atoms with Crippen LogP contribution in [0.4, 0.5) is 5.69 Å². The molecule has 1 aliphatic rings. The first-order valence-corrected chi connectivity index (χ1v) is 11.2. The lowest BCUT2D eigenvalue weighted by atomic mass is 9.98. The SMILES string of the molecule is CCCS(=O)(=O)Nc1cccc(C(=O)N2CCc3cc(OC)c(OC)cc3C2)c1. The van der Waals surface area contributed by atoms with Crippen LogP contribution in [0.3, 0.4) is 0 Å². The maximum Gasteiger partial charge on any atom is 0.254 e. The van der Waals surface area contributed by atoms with E-state index in [1.807, 2.05) is 12.1 Å². The normalized spacial score (nSPS) is 13.6. The molecule has 0 aliphatic carbocycles. The molecule has 0 aromatic heterocycles. The minimum atomic E-state index is -3.41. The van der Waals surface area contributed by atoms with Crippen LogP contribution >= 0.6 is 0 Å². The Hall–Kier alpha value is -2.74. The van der Waals surface area contributed by atoms with Gasteiger partial charge in [-0.2, -0.15) is 0 Å². The fourth-order valence-corrected chi connectivity index (χ4v) is 4.58. The molecule has 1 heterocycles. The van der Waals surface area contributed by atoms with Crippen LogP contribution in [0.25, 0.3) is 0 Å². The van der Waals surface area contributed by atoms with Crippen LogP contribution in [0.5, 0.6) is 11.5 Å². The standard InChI is InChI=1S/C21H26N2O5S/c1-4-10-29(25,26)22-18-7-5-6-16(11-18)21(24)23-9-8-15-12-19(27-2)20(28-3)13-17(15)14-23/h5-7,11-13,22H,4,8-10,14H2,1-3H3. The minimum absolute atomic E-state index is 0.0411. The average molecular weight is 419 g/mol. The molecular formula is C21H26N2O5S. The van der Waals surface area contributed by atoms with E-state index in [-0.39, 0.29) is 11.7 Å². The first kappa shape index (κ1) is 21.0. The number of benzene rings is 2. The Morgan fingerprint density at radius 2 is 1.79 bits per heavy atom. The highest BCUT2D eigenvalue weighted by Crippen LogP contribution is 2.33. The van der Waals surface area contributed by atoms with Gasteiger partial charge in [-0.3, -0.25) is 9.52 Å². The lowest BCUT2D eigenvalue weighted by Gasteiger charge is -2.30. The highest BCUT2D eigenvalue weighted by Gasteiger charge is 2.24. The Morgan fingerprint density at radius 1 is 1.10 bits per heavy atom. The quantitative estimate of drug-likeness (QED) is 0.747. The monoisotopic (exact) mass is 418 g/mol. The van der Waals surface area contributed by atoms with Gasteiger partial charge in [0.1, 0.15) is 0 Å². The molecule has 1 aliphatic heterocycles. The number of fused-ring (bicyclic) bond motifs is 1. The van der Waals surface area contributed by atoms with Crippen molar-refractivity contribution in [1.29, 1.82) is 0 Å². The largest absolute Gasteiger partial charge is 0.493 e. The summed E-state index contributed by atoms with van der Waals surface area (Å²) in [5.41, 5.74) is 2.99. The Morgan fingerprint density at radius 3 is 2.45 bits per heavy atom. The van der Waals surface area contributed by atoms with Crippen molar-refractivity contribution < 1.29 is 22.7 Å². The van der Waals surface area contributed by atoms with E-state index in [0.717, 1.165) is 11.1 Å². The van der Waals surface area contributed by atoms with E-state index in [1.165, 1.54) is 0 Å². The lowest BCUT2D eigenvalue weighted by Crippen LogP contribution is -2.36. The van der Waals surface area contributed by atoms with Crippen LogP contribution in [0.2, 0.25) is 0 Å². The van der Waals surface area contributed by atoms with Crippen molar-refractivity contribution in [2.75, 3.05) is 31.2 Å². The summed E-state index contributed by atoms with van der Waals surface area (Å²) in [6, 6.07) is 10.5. The highest BCUT2D eigenvalue weighted by atomic mass is 32.2. The number of carbonyl (C=O) groups excluding carboxylic acids is 1. The zero-order chi connectivity index (χ0) is 21.0. The molecule has 0 atom stereocenters. The summed E-state index contributed by atoms with van der Waals surface area (Å²) >= 11 is 0. The Bertz CT molecular complexity index is 1000. The van der Waals surface area contributed by atoms with Gasteiger partial charge in [0.25, 0.3) is 5.91 Å². The van der Waals surface area contributed by atoms with Crippen molar-refractivity contribution in [2.24, 2.45) is 0 Å². The van der Waals surface area contributed by atoms with Gasteiger partial charge in [0.15, 0.2) is 11.5 Å². The van der Waals surface area contributed by atoms with Crippen molar-refractivity contribution in [3.8, 4) is 11.5 Å². The fourth-order valence-electron chi connectivity index (χ4n) is 3.45. The number of anilines is 1. The number of hydrogen-bond donors (Lipinski definition) is 1. The summed E-state index contributed by atoms with van der Waals surface area (Å²) in [5.74, 6) is 1.22. The van der Waals surface area contributed by atoms with E-state index in [0.29, 0.717) is 48.7 Å². The minimum Gasteiger partial charge on any atom is -0.493 e. The molecule has 0 saturated carbocycles. The molecule has 2 aromatic rings. The Balaban J connectivity index is 1.79. The number of sulfonamides is 1. The number of methoxy groups -OCH3 is 2. The number of nitrogens with one attached hydrogen (secondary N) is 1. The van der Waals surface area contributed by atoms with Gasteiger partial charge in [-0.05, 0) is 54.3 Å². The molecule has 1 amide bonds. The Labute approximate surface area is 171 Å². The van der Waals surface area contributed by atoms with Gasteiger partial charge in [-0.15, -0.1) is 0 Å². The molecule has 3 rings (SSSR count). The summed E-state index contributed by atoms with van der Waals surface area (Å²) in [6.45, 7) is 2.84. The fraction of sp³-hybridized carbons (Fsp3) is 0.381. The molecule has 0 bridgehead atoms. The molecule has 0 spiro atoms. The smallest absolute Gasteiger partial charge is 0.254 e. The zero-order valence-electron chi connectivity index (χ0n) is 16.9. The number of hydrogen-bond acceptors (Lipinski definition) is 5. The molecular weight excluding hydrogens is 392 g/mol. The molecule has 0 radical (unpaired) electrons. The third-order valence-corrected chi connectivity index (χ3v) is 6.35. The average Bonchev–Trinajstić information content (AvgIpc) is 2.71. The zero-order valence-corrected chi connectivity index (χ0v) is 17.7. The van der Waals surface area contributed by atoms with Crippen LogP contribution in [-0.2, 0) is 23.0 Å². The summed E-state index contributed by atoms with van der Waals surface area (Å²) < 4.78 is 37.3.